The van der Waals surface area contributed by atoms with Crippen LogP contribution in [0.2, 0.25) is 5.02 Å². The molecule has 8 heteroatoms. The molecular formula is C17H24ClN3O4. The van der Waals surface area contributed by atoms with Gasteiger partial charge in [-0.05, 0) is 52.2 Å². The fourth-order valence-corrected chi connectivity index (χ4v) is 2.85. The normalized spacial score (nSPS) is 15.8. The van der Waals surface area contributed by atoms with E-state index in [2.05, 4.69) is 5.32 Å². The van der Waals surface area contributed by atoms with Crippen molar-refractivity contribution < 1.29 is 14.5 Å². The fourth-order valence-electron chi connectivity index (χ4n) is 2.69. The molecule has 0 spiro atoms. The van der Waals surface area contributed by atoms with Crippen molar-refractivity contribution in [3.05, 3.63) is 32.8 Å². The van der Waals surface area contributed by atoms with Crippen molar-refractivity contribution in [1.29, 1.82) is 0 Å². The molecule has 0 saturated carbocycles. The summed E-state index contributed by atoms with van der Waals surface area (Å²) in [5.74, 6) is 0. The zero-order chi connectivity index (χ0) is 18.8. The number of benzene rings is 1. The number of aryl methyl sites for hydroxylation is 1. The SMILES string of the molecule is Cc1cc(NC2CCN(C(=O)OC(C)(C)C)CC2)c([N+](=O)[O-])cc1Cl. The number of halogens is 1. The van der Waals surface area contributed by atoms with Gasteiger partial charge in [0.15, 0.2) is 0 Å². The molecule has 0 unspecified atom stereocenters. The Labute approximate surface area is 152 Å². The van der Waals surface area contributed by atoms with Crippen LogP contribution in [0.15, 0.2) is 12.1 Å². The molecule has 0 atom stereocenters. The van der Waals surface area contributed by atoms with Crippen molar-refractivity contribution >= 4 is 29.1 Å². The lowest BCUT2D eigenvalue weighted by Crippen LogP contribution is -2.44. The molecule has 1 fully saturated rings. The number of amides is 1. The van der Waals surface area contributed by atoms with E-state index < -0.39 is 10.5 Å². The van der Waals surface area contributed by atoms with Crippen molar-refractivity contribution in [2.24, 2.45) is 0 Å². The number of anilines is 1. The van der Waals surface area contributed by atoms with Gasteiger partial charge < -0.3 is 15.0 Å². The van der Waals surface area contributed by atoms with Crippen LogP contribution < -0.4 is 5.32 Å². The number of hydrogen-bond acceptors (Lipinski definition) is 5. The van der Waals surface area contributed by atoms with Crippen LogP contribution in [0.1, 0.15) is 39.2 Å². The van der Waals surface area contributed by atoms with E-state index in [4.69, 9.17) is 16.3 Å². The molecule has 1 aliphatic heterocycles. The first-order valence-corrected chi connectivity index (χ1v) is 8.63. The summed E-state index contributed by atoms with van der Waals surface area (Å²) in [6.45, 7) is 8.41. The topological polar surface area (TPSA) is 84.7 Å². The van der Waals surface area contributed by atoms with E-state index in [1.165, 1.54) is 6.07 Å². The second-order valence-corrected chi connectivity index (χ2v) is 7.67. The van der Waals surface area contributed by atoms with E-state index in [9.17, 15) is 14.9 Å². The lowest BCUT2D eigenvalue weighted by Gasteiger charge is -2.34. The monoisotopic (exact) mass is 369 g/mol. The second kappa shape index (κ2) is 7.47. The first-order valence-electron chi connectivity index (χ1n) is 8.26. The van der Waals surface area contributed by atoms with E-state index in [0.717, 1.165) is 5.56 Å². The molecule has 0 bridgehead atoms. The third kappa shape index (κ3) is 5.22. The van der Waals surface area contributed by atoms with Gasteiger partial charge in [-0.15, -0.1) is 0 Å². The standard InChI is InChI=1S/C17H24ClN3O4/c1-11-9-14(15(21(23)24)10-13(11)18)19-12-5-7-20(8-6-12)16(22)25-17(2,3)4/h9-10,12,19H,5-8H2,1-4H3. The summed E-state index contributed by atoms with van der Waals surface area (Å²) in [6.07, 6.45) is 1.06. The summed E-state index contributed by atoms with van der Waals surface area (Å²) in [5, 5.41) is 14.8. The molecule has 1 saturated heterocycles. The summed E-state index contributed by atoms with van der Waals surface area (Å²) in [7, 11) is 0. The highest BCUT2D eigenvalue weighted by Gasteiger charge is 2.28. The van der Waals surface area contributed by atoms with Crippen molar-refractivity contribution in [2.45, 2.75) is 52.2 Å². The molecule has 2 rings (SSSR count). The lowest BCUT2D eigenvalue weighted by molar-refractivity contribution is -0.384. The number of piperidine rings is 1. The summed E-state index contributed by atoms with van der Waals surface area (Å²) in [6, 6.07) is 3.12. The maximum Gasteiger partial charge on any atom is 0.410 e. The molecule has 1 aromatic carbocycles. The Morgan fingerprint density at radius 2 is 1.96 bits per heavy atom. The largest absolute Gasteiger partial charge is 0.444 e. The minimum atomic E-state index is -0.520. The first kappa shape index (κ1) is 19.3. The van der Waals surface area contributed by atoms with Gasteiger partial charge in [0.25, 0.3) is 5.69 Å². The first-order chi connectivity index (χ1) is 11.6. The predicted octanol–water partition coefficient (Wildman–Crippen LogP) is 4.37. The molecule has 138 valence electrons. The van der Waals surface area contributed by atoms with Gasteiger partial charge in [-0.1, -0.05) is 11.6 Å². The van der Waals surface area contributed by atoms with Gasteiger partial charge in [-0.25, -0.2) is 4.79 Å². The number of nitro benzene ring substituents is 1. The van der Waals surface area contributed by atoms with Gasteiger partial charge in [0, 0.05) is 25.2 Å². The minimum absolute atomic E-state index is 0.0369. The van der Waals surface area contributed by atoms with Crippen molar-refractivity contribution in [2.75, 3.05) is 18.4 Å². The third-order valence-electron chi connectivity index (χ3n) is 3.98. The molecular weight excluding hydrogens is 346 g/mol. The molecule has 0 aromatic heterocycles. The quantitative estimate of drug-likeness (QED) is 0.631. The van der Waals surface area contributed by atoms with Crippen LogP contribution in [0, 0.1) is 17.0 Å². The molecule has 0 aliphatic carbocycles. The molecule has 1 amide bonds. The van der Waals surface area contributed by atoms with Crippen LogP contribution in [0.5, 0.6) is 0 Å². The third-order valence-corrected chi connectivity index (χ3v) is 4.39. The molecule has 1 aromatic rings. The molecule has 1 heterocycles. The number of likely N-dealkylation sites (tertiary alicyclic amines) is 1. The molecule has 1 aliphatic rings. The van der Waals surface area contributed by atoms with Crippen LogP contribution in [0.25, 0.3) is 0 Å². The number of hydrogen-bond donors (Lipinski definition) is 1. The summed E-state index contributed by atoms with van der Waals surface area (Å²) < 4.78 is 5.37. The van der Waals surface area contributed by atoms with E-state index in [0.29, 0.717) is 36.6 Å². The maximum absolute atomic E-state index is 12.1. The van der Waals surface area contributed by atoms with Crippen LogP contribution in [0.3, 0.4) is 0 Å². The van der Waals surface area contributed by atoms with Crippen molar-refractivity contribution in [3.63, 3.8) is 0 Å². The Hall–Kier alpha value is -2.02. The van der Waals surface area contributed by atoms with Gasteiger partial charge in [-0.3, -0.25) is 10.1 Å². The highest BCUT2D eigenvalue weighted by molar-refractivity contribution is 6.31. The van der Waals surface area contributed by atoms with E-state index in [1.54, 1.807) is 11.0 Å². The molecule has 7 nitrogen and oxygen atoms in total. The lowest BCUT2D eigenvalue weighted by atomic mass is 10.0. The van der Waals surface area contributed by atoms with Gasteiger partial charge in [0.1, 0.15) is 11.3 Å². The van der Waals surface area contributed by atoms with Gasteiger partial charge in [-0.2, -0.15) is 0 Å². The Morgan fingerprint density at radius 1 is 1.36 bits per heavy atom. The van der Waals surface area contributed by atoms with Gasteiger partial charge >= 0.3 is 6.09 Å². The smallest absolute Gasteiger partial charge is 0.410 e. The zero-order valence-corrected chi connectivity index (χ0v) is 15.7. The number of nitro groups is 1. The zero-order valence-electron chi connectivity index (χ0n) is 15.0. The number of ether oxygens (including phenoxy) is 1. The summed E-state index contributed by atoms with van der Waals surface area (Å²) >= 11 is 5.99. The van der Waals surface area contributed by atoms with E-state index in [-0.39, 0.29) is 17.8 Å². The fraction of sp³-hybridized carbons (Fsp3) is 0.588. The average Bonchev–Trinajstić information content (AvgIpc) is 2.49. The number of carbonyl (C=O) groups excluding carboxylic acids is 1. The maximum atomic E-state index is 12.1. The van der Waals surface area contributed by atoms with Crippen molar-refractivity contribution in [3.8, 4) is 0 Å². The van der Waals surface area contributed by atoms with Gasteiger partial charge in [0.2, 0.25) is 0 Å². The second-order valence-electron chi connectivity index (χ2n) is 7.26. The number of rotatable bonds is 3. The van der Waals surface area contributed by atoms with E-state index in [1.807, 2.05) is 27.7 Å². The van der Waals surface area contributed by atoms with Crippen molar-refractivity contribution in [1.82, 2.24) is 4.90 Å². The number of carbonyl (C=O) groups is 1. The molecule has 0 radical (unpaired) electrons. The Kier molecular flexibility index (Phi) is 5.77. The van der Waals surface area contributed by atoms with Gasteiger partial charge in [0.05, 0.1) is 9.95 Å². The van der Waals surface area contributed by atoms with Crippen LogP contribution in [-0.2, 0) is 4.74 Å². The predicted molar refractivity (Wildman–Crippen MR) is 97.3 cm³/mol. The number of nitrogens with one attached hydrogen (secondary N) is 1. The van der Waals surface area contributed by atoms with Crippen LogP contribution >= 0.6 is 11.6 Å². The Morgan fingerprint density at radius 3 is 2.48 bits per heavy atom. The molecule has 25 heavy (non-hydrogen) atoms. The molecule has 1 N–H and O–H groups in total. The number of nitrogens with zero attached hydrogens (tertiary/aromatic N) is 2. The minimum Gasteiger partial charge on any atom is -0.444 e. The summed E-state index contributed by atoms with van der Waals surface area (Å²) in [4.78, 5) is 24.6. The van der Waals surface area contributed by atoms with E-state index >= 15 is 0 Å². The van der Waals surface area contributed by atoms with Crippen LogP contribution in [0.4, 0.5) is 16.2 Å². The average molecular weight is 370 g/mol. The highest BCUT2D eigenvalue weighted by atomic mass is 35.5. The van der Waals surface area contributed by atoms with Crippen LogP contribution in [-0.4, -0.2) is 40.6 Å². The highest BCUT2D eigenvalue weighted by Crippen LogP contribution is 2.32. The Bertz CT molecular complexity index is 665. The summed E-state index contributed by atoms with van der Waals surface area (Å²) in [5.41, 5.74) is 0.682. The Balaban J connectivity index is 2.00.